The molecule has 2 rings (SSSR count). The van der Waals surface area contributed by atoms with Gasteiger partial charge in [-0.25, -0.2) is 4.99 Å². The van der Waals surface area contributed by atoms with E-state index in [1.807, 2.05) is 13.8 Å². The Morgan fingerprint density at radius 3 is 2.62 bits per heavy atom. The summed E-state index contributed by atoms with van der Waals surface area (Å²) >= 11 is 0. The lowest BCUT2D eigenvalue weighted by Crippen LogP contribution is -2.38. The van der Waals surface area contributed by atoms with Crippen LogP contribution < -0.4 is 20.7 Å². The van der Waals surface area contributed by atoms with Crippen LogP contribution in [0.25, 0.3) is 0 Å². The lowest BCUT2D eigenvalue weighted by Gasteiger charge is -2.13. The van der Waals surface area contributed by atoms with Crippen LogP contribution in [0.2, 0.25) is 0 Å². The highest BCUT2D eigenvalue weighted by Gasteiger charge is 2.11. The summed E-state index contributed by atoms with van der Waals surface area (Å²) in [5.41, 5.74) is 1.35. The fourth-order valence-corrected chi connectivity index (χ4v) is 2.53. The molecule has 0 saturated heterocycles. The molecule has 0 spiro atoms. The van der Waals surface area contributed by atoms with Gasteiger partial charge < -0.3 is 25.1 Å². The Hall–Kier alpha value is -3.10. The Labute approximate surface area is 168 Å². The number of para-hydroxylation sites is 1. The van der Waals surface area contributed by atoms with Crippen molar-refractivity contribution in [2.75, 3.05) is 19.6 Å². The minimum Gasteiger partial charge on any atom is -0.459 e. The van der Waals surface area contributed by atoms with Gasteiger partial charge in [0.15, 0.2) is 11.7 Å². The maximum atomic E-state index is 12.5. The number of hydrogen-bond acceptors (Lipinski definition) is 4. The number of halogens is 2. The second-order valence-corrected chi connectivity index (χ2v) is 6.15. The van der Waals surface area contributed by atoms with E-state index in [1.165, 1.54) is 12.3 Å². The summed E-state index contributed by atoms with van der Waals surface area (Å²) in [7, 11) is 0. The number of aryl methyl sites for hydroxylation is 1. The molecule has 9 heteroatoms. The van der Waals surface area contributed by atoms with Gasteiger partial charge in [0.1, 0.15) is 5.75 Å². The third kappa shape index (κ3) is 7.44. The van der Waals surface area contributed by atoms with E-state index >= 15 is 0 Å². The number of benzene rings is 1. The number of guanidine groups is 1. The van der Waals surface area contributed by atoms with Crippen molar-refractivity contribution < 1.29 is 22.7 Å². The summed E-state index contributed by atoms with van der Waals surface area (Å²) in [6.07, 6.45) is 2.15. The smallest absolute Gasteiger partial charge is 0.387 e. The van der Waals surface area contributed by atoms with E-state index in [1.54, 1.807) is 24.3 Å². The summed E-state index contributed by atoms with van der Waals surface area (Å²) < 4.78 is 34.7. The van der Waals surface area contributed by atoms with Crippen LogP contribution in [0.4, 0.5) is 8.78 Å². The number of ether oxygens (including phenoxy) is 1. The number of carbonyl (C=O) groups excluding carboxylic acids is 1. The summed E-state index contributed by atoms with van der Waals surface area (Å²) in [6.45, 7) is 2.73. The first-order valence-corrected chi connectivity index (χ1v) is 9.38. The van der Waals surface area contributed by atoms with Gasteiger partial charge >= 0.3 is 6.61 Å². The second kappa shape index (κ2) is 11.7. The number of aliphatic imine (C=N–C) groups is 1. The Kier molecular flexibility index (Phi) is 8.94. The Balaban J connectivity index is 1.81. The molecule has 0 bridgehead atoms. The highest BCUT2D eigenvalue weighted by molar-refractivity contribution is 5.92. The zero-order valence-electron chi connectivity index (χ0n) is 16.5. The van der Waals surface area contributed by atoms with Gasteiger partial charge in [-0.05, 0) is 32.4 Å². The highest BCUT2D eigenvalue weighted by Crippen LogP contribution is 2.20. The van der Waals surface area contributed by atoms with Gasteiger partial charge in [0, 0.05) is 30.8 Å². The van der Waals surface area contributed by atoms with Crippen LogP contribution in [0.1, 0.15) is 35.0 Å². The summed E-state index contributed by atoms with van der Waals surface area (Å²) in [5.74, 6) is 0.729. The maximum Gasteiger partial charge on any atom is 0.387 e. The number of nitrogens with one attached hydrogen (secondary N) is 3. The SMILES string of the molecule is CCNC(=NCc1ccccc1OC(F)F)NCCCNC(=O)c1occc1C. The highest BCUT2D eigenvalue weighted by atomic mass is 19.3. The first-order valence-electron chi connectivity index (χ1n) is 9.38. The van der Waals surface area contributed by atoms with Crippen molar-refractivity contribution in [1.82, 2.24) is 16.0 Å². The van der Waals surface area contributed by atoms with E-state index in [0.29, 0.717) is 43.3 Å². The maximum absolute atomic E-state index is 12.5. The van der Waals surface area contributed by atoms with Crippen molar-refractivity contribution in [3.8, 4) is 5.75 Å². The molecule has 1 aromatic heterocycles. The zero-order chi connectivity index (χ0) is 21.1. The summed E-state index contributed by atoms with van der Waals surface area (Å²) in [4.78, 5) is 16.4. The van der Waals surface area contributed by atoms with Crippen molar-refractivity contribution in [1.29, 1.82) is 0 Å². The minimum absolute atomic E-state index is 0.109. The molecule has 0 aliphatic carbocycles. The molecule has 3 N–H and O–H groups in total. The van der Waals surface area contributed by atoms with E-state index in [9.17, 15) is 13.6 Å². The van der Waals surface area contributed by atoms with Gasteiger partial charge in [-0.1, -0.05) is 18.2 Å². The van der Waals surface area contributed by atoms with Crippen LogP contribution >= 0.6 is 0 Å². The lowest BCUT2D eigenvalue weighted by molar-refractivity contribution is -0.0504. The van der Waals surface area contributed by atoms with Crippen molar-refractivity contribution in [3.63, 3.8) is 0 Å². The Morgan fingerprint density at radius 1 is 1.17 bits per heavy atom. The Morgan fingerprint density at radius 2 is 1.93 bits per heavy atom. The number of carbonyl (C=O) groups is 1. The predicted octanol–water partition coefficient (Wildman–Crippen LogP) is 3.06. The van der Waals surface area contributed by atoms with E-state index in [0.717, 1.165) is 5.56 Å². The third-order valence-electron chi connectivity index (χ3n) is 3.94. The third-order valence-corrected chi connectivity index (χ3v) is 3.94. The topological polar surface area (TPSA) is 87.9 Å². The van der Waals surface area contributed by atoms with Gasteiger partial charge in [0.2, 0.25) is 0 Å². The molecule has 158 valence electrons. The fraction of sp³-hybridized carbons (Fsp3) is 0.400. The molecule has 0 aliphatic rings. The number of nitrogens with zero attached hydrogens (tertiary/aromatic N) is 1. The van der Waals surface area contributed by atoms with E-state index in [-0.39, 0.29) is 18.2 Å². The van der Waals surface area contributed by atoms with Gasteiger partial charge in [0.25, 0.3) is 5.91 Å². The van der Waals surface area contributed by atoms with Gasteiger partial charge in [-0.15, -0.1) is 0 Å². The first-order chi connectivity index (χ1) is 14.0. The second-order valence-electron chi connectivity index (χ2n) is 6.15. The monoisotopic (exact) mass is 408 g/mol. The van der Waals surface area contributed by atoms with Crippen LogP contribution in [0, 0.1) is 6.92 Å². The fourth-order valence-electron chi connectivity index (χ4n) is 2.53. The molecule has 0 saturated carbocycles. The lowest BCUT2D eigenvalue weighted by atomic mass is 10.2. The van der Waals surface area contributed by atoms with Gasteiger partial charge in [0.05, 0.1) is 12.8 Å². The summed E-state index contributed by atoms with van der Waals surface area (Å²) in [5, 5.41) is 9.03. The normalized spacial score (nSPS) is 11.4. The van der Waals surface area contributed by atoms with E-state index < -0.39 is 6.61 Å². The molecule has 1 heterocycles. The van der Waals surface area contributed by atoms with Gasteiger partial charge in [-0.2, -0.15) is 8.78 Å². The molecule has 0 atom stereocenters. The van der Waals surface area contributed by atoms with Crippen molar-refractivity contribution >= 4 is 11.9 Å². The van der Waals surface area contributed by atoms with E-state index in [2.05, 4.69) is 25.7 Å². The number of amides is 1. The van der Waals surface area contributed by atoms with Crippen LogP contribution in [-0.2, 0) is 6.54 Å². The molecular formula is C20H26F2N4O3. The molecular weight excluding hydrogens is 382 g/mol. The van der Waals surface area contributed by atoms with Crippen molar-refractivity contribution in [2.45, 2.75) is 33.4 Å². The zero-order valence-corrected chi connectivity index (χ0v) is 16.5. The van der Waals surface area contributed by atoms with Crippen molar-refractivity contribution in [2.24, 2.45) is 4.99 Å². The summed E-state index contributed by atoms with van der Waals surface area (Å²) in [6, 6.07) is 8.29. The molecule has 2 aromatic rings. The van der Waals surface area contributed by atoms with E-state index in [4.69, 9.17) is 4.42 Å². The molecule has 29 heavy (non-hydrogen) atoms. The van der Waals surface area contributed by atoms with Gasteiger partial charge in [-0.3, -0.25) is 4.79 Å². The average Bonchev–Trinajstić information content (AvgIpc) is 3.12. The molecule has 7 nitrogen and oxygen atoms in total. The largest absolute Gasteiger partial charge is 0.459 e. The standard InChI is InChI=1S/C20H26F2N4O3/c1-3-23-20(26-13-15-7-4-5-8-16(15)29-19(21)22)25-11-6-10-24-18(27)17-14(2)9-12-28-17/h4-5,7-9,12,19H,3,6,10-11,13H2,1-2H3,(H,24,27)(H2,23,25,26). The molecule has 0 aliphatic heterocycles. The average molecular weight is 408 g/mol. The van der Waals surface area contributed by atoms with Crippen molar-refractivity contribution in [3.05, 3.63) is 53.5 Å². The number of furan rings is 1. The quantitative estimate of drug-likeness (QED) is 0.320. The molecule has 0 fully saturated rings. The minimum atomic E-state index is -2.88. The molecule has 0 unspecified atom stereocenters. The van der Waals surface area contributed by atoms with Crippen LogP contribution in [0.15, 0.2) is 46.0 Å². The number of hydrogen-bond donors (Lipinski definition) is 3. The van der Waals surface area contributed by atoms with Crippen LogP contribution in [0.3, 0.4) is 0 Å². The molecule has 0 radical (unpaired) electrons. The first kappa shape index (κ1) is 22.2. The van der Waals surface area contributed by atoms with Crippen LogP contribution in [-0.4, -0.2) is 38.1 Å². The van der Waals surface area contributed by atoms with Crippen LogP contribution in [0.5, 0.6) is 5.75 Å². The Bertz CT molecular complexity index is 809. The molecule has 1 aromatic carbocycles. The number of rotatable bonds is 10. The molecule has 1 amide bonds. The predicted molar refractivity (Wildman–Crippen MR) is 106 cm³/mol. The number of alkyl halides is 2.